The second-order valence-corrected chi connectivity index (χ2v) is 9.74. The Morgan fingerprint density at radius 3 is 2.32 bits per heavy atom. The van der Waals surface area contributed by atoms with E-state index >= 15 is 0 Å². The number of nitrogens with one attached hydrogen (secondary N) is 1. The molecule has 0 bridgehead atoms. The summed E-state index contributed by atoms with van der Waals surface area (Å²) in [6.45, 7) is 7.46. The molecule has 2 atom stereocenters. The molecule has 1 saturated heterocycles. The van der Waals surface area contributed by atoms with Crippen LogP contribution in [0.3, 0.4) is 0 Å². The number of hydrogen-bond acceptors (Lipinski definition) is 3. The molecule has 136 valence electrons. The van der Waals surface area contributed by atoms with Crippen molar-refractivity contribution in [3.05, 3.63) is 34.3 Å². The maximum absolute atomic E-state index is 12.1. The van der Waals surface area contributed by atoms with E-state index in [2.05, 4.69) is 45.5 Å². The third kappa shape index (κ3) is 3.72. The SMILES string of the molecule is CC(C)(C)OC(=O)N1CC2C(C1)C2NC1CC(c2ccc(Br)cc2)C1. The monoisotopic (exact) mass is 406 g/mol. The number of hydrogen-bond donors (Lipinski definition) is 1. The molecule has 1 aromatic rings. The molecule has 2 aliphatic carbocycles. The Morgan fingerprint density at radius 2 is 1.76 bits per heavy atom. The summed E-state index contributed by atoms with van der Waals surface area (Å²) in [5.41, 5.74) is 1.04. The lowest BCUT2D eigenvalue weighted by molar-refractivity contribution is 0.0267. The fourth-order valence-corrected chi connectivity index (χ4v) is 4.55. The Balaban J connectivity index is 1.20. The van der Waals surface area contributed by atoms with Crippen molar-refractivity contribution in [2.24, 2.45) is 11.8 Å². The van der Waals surface area contributed by atoms with Crippen molar-refractivity contribution in [2.75, 3.05) is 13.1 Å². The van der Waals surface area contributed by atoms with Crippen LogP contribution in [0.25, 0.3) is 0 Å². The Bertz CT molecular complexity index is 637. The van der Waals surface area contributed by atoms with Gasteiger partial charge in [-0.05, 0) is 69.1 Å². The largest absolute Gasteiger partial charge is 0.444 e. The number of fused-ring (bicyclic) bond motifs is 1. The molecule has 1 amide bonds. The lowest BCUT2D eigenvalue weighted by atomic mass is 9.76. The smallest absolute Gasteiger partial charge is 0.410 e. The van der Waals surface area contributed by atoms with Gasteiger partial charge in [0.1, 0.15) is 5.60 Å². The van der Waals surface area contributed by atoms with Crippen LogP contribution in [-0.2, 0) is 4.74 Å². The summed E-state index contributed by atoms with van der Waals surface area (Å²) in [4.78, 5) is 14.0. The number of piperidine rings is 1. The highest BCUT2D eigenvalue weighted by molar-refractivity contribution is 9.10. The highest BCUT2D eigenvalue weighted by Crippen LogP contribution is 2.48. The van der Waals surface area contributed by atoms with Gasteiger partial charge in [0.2, 0.25) is 0 Å². The molecule has 0 spiro atoms. The van der Waals surface area contributed by atoms with Gasteiger partial charge in [-0.1, -0.05) is 28.1 Å². The zero-order chi connectivity index (χ0) is 17.8. The highest BCUT2D eigenvalue weighted by Gasteiger charge is 2.58. The van der Waals surface area contributed by atoms with Crippen molar-refractivity contribution < 1.29 is 9.53 Å². The van der Waals surface area contributed by atoms with E-state index in [0.29, 0.717) is 29.8 Å². The molecule has 0 aromatic heterocycles. The topological polar surface area (TPSA) is 41.6 Å². The number of amides is 1. The van der Waals surface area contributed by atoms with Gasteiger partial charge in [0, 0.05) is 29.6 Å². The predicted molar refractivity (Wildman–Crippen MR) is 102 cm³/mol. The van der Waals surface area contributed by atoms with E-state index in [1.807, 2.05) is 25.7 Å². The van der Waals surface area contributed by atoms with Gasteiger partial charge in [-0.3, -0.25) is 0 Å². The average Bonchev–Trinajstić information content (AvgIpc) is 2.92. The molecule has 4 rings (SSSR count). The summed E-state index contributed by atoms with van der Waals surface area (Å²) in [7, 11) is 0. The van der Waals surface area contributed by atoms with Gasteiger partial charge >= 0.3 is 6.09 Å². The molecular formula is C20H27BrN2O2. The molecule has 1 aliphatic heterocycles. The summed E-state index contributed by atoms with van der Waals surface area (Å²) in [5.74, 6) is 1.95. The maximum atomic E-state index is 12.1. The number of rotatable bonds is 3. The van der Waals surface area contributed by atoms with Gasteiger partial charge in [-0.25, -0.2) is 4.79 Å². The molecule has 25 heavy (non-hydrogen) atoms. The van der Waals surface area contributed by atoms with Crippen molar-refractivity contribution in [1.82, 2.24) is 10.2 Å². The Morgan fingerprint density at radius 1 is 1.16 bits per heavy atom. The van der Waals surface area contributed by atoms with Crippen molar-refractivity contribution in [2.45, 2.75) is 57.2 Å². The standard InChI is InChI=1S/C20H27BrN2O2/c1-20(2,3)25-19(24)23-10-16-17(11-23)18(16)22-15-8-13(9-15)12-4-6-14(21)7-5-12/h4-7,13,15-18,22H,8-11H2,1-3H3. The molecule has 2 saturated carbocycles. The van der Waals surface area contributed by atoms with Gasteiger partial charge in [0.05, 0.1) is 0 Å². The van der Waals surface area contributed by atoms with E-state index in [-0.39, 0.29) is 6.09 Å². The zero-order valence-electron chi connectivity index (χ0n) is 15.2. The molecule has 1 aromatic carbocycles. The summed E-state index contributed by atoms with van der Waals surface area (Å²) < 4.78 is 6.62. The number of benzene rings is 1. The van der Waals surface area contributed by atoms with Gasteiger partial charge < -0.3 is 15.0 Å². The van der Waals surface area contributed by atoms with Crippen LogP contribution in [0.5, 0.6) is 0 Å². The number of carbonyl (C=O) groups is 1. The van der Waals surface area contributed by atoms with E-state index < -0.39 is 5.60 Å². The number of carbonyl (C=O) groups excluding carboxylic acids is 1. The number of nitrogens with zero attached hydrogens (tertiary/aromatic N) is 1. The van der Waals surface area contributed by atoms with Crippen LogP contribution < -0.4 is 5.32 Å². The summed E-state index contributed by atoms with van der Waals surface area (Å²) >= 11 is 3.50. The van der Waals surface area contributed by atoms with Crippen molar-refractivity contribution in [1.29, 1.82) is 0 Å². The van der Waals surface area contributed by atoms with Gasteiger partial charge in [0.15, 0.2) is 0 Å². The highest BCUT2D eigenvalue weighted by atomic mass is 79.9. The maximum Gasteiger partial charge on any atom is 0.410 e. The minimum Gasteiger partial charge on any atom is -0.444 e. The predicted octanol–water partition coefficient (Wildman–Crippen LogP) is 4.15. The second kappa shape index (κ2) is 6.27. The Kier molecular flexibility index (Phi) is 4.35. The minimum atomic E-state index is -0.407. The van der Waals surface area contributed by atoms with Crippen LogP contribution in [-0.4, -0.2) is 41.8 Å². The number of halogens is 1. The molecule has 5 heteroatoms. The van der Waals surface area contributed by atoms with Gasteiger partial charge in [0.25, 0.3) is 0 Å². The third-order valence-corrected chi connectivity index (χ3v) is 6.28. The number of ether oxygens (including phenoxy) is 1. The normalized spacial score (nSPS) is 33.6. The van der Waals surface area contributed by atoms with Crippen LogP contribution in [0.2, 0.25) is 0 Å². The van der Waals surface area contributed by atoms with Crippen LogP contribution in [0.1, 0.15) is 45.1 Å². The summed E-state index contributed by atoms with van der Waals surface area (Å²) in [6.07, 6.45) is 2.30. The first kappa shape index (κ1) is 17.3. The van der Waals surface area contributed by atoms with Gasteiger partial charge in [-0.15, -0.1) is 0 Å². The quantitative estimate of drug-likeness (QED) is 0.819. The van der Waals surface area contributed by atoms with Crippen LogP contribution in [0, 0.1) is 11.8 Å². The van der Waals surface area contributed by atoms with Crippen molar-refractivity contribution in [3.8, 4) is 0 Å². The zero-order valence-corrected chi connectivity index (χ0v) is 16.8. The van der Waals surface area contributed by atoms with Crippen LogP contribution in [0.15, 0.2) is 28.7 Å². The molecule has 3 fully saturated rings. The fourth-order valence-electron chi connectivity index (χ4n) is 4.28. The first-order chi connectivity index (χ1) is 11.8. The van der Waals surface area contributed by atoms with Gasteiger partial charge in [-0.2, -0.15) is 0 Å². The molecule has 4 nitrogen and oxygen atoms in total. The first-order valence-electron chi connectivity index (χ1n) is 9.29. The second-order valence-electron chi connectivity index (χ2n) is 8.82. The lowest BCUT2D eigenvalue weighted by Gasteiger charge is -2.37. The molecular weight excluding hydrogens is 380 g/mol. The van der Waals surface area contributed by atoms with Crippen LogP contribution in [0.4, 0.5) is 4.79 Å². The summed E-state index contributed by atoms with van der Waals surface area (Å²) in [6, 6.07) is 9.97. The molecule has 3 aliphatic rings. The van der Waals surface area contributed by atoms with E-state index in [9.17, 15) is 4.79 Å². The Hall–Kier alpha value is -1.07. The van der Waals surface area contributed by atoms with Crippen molar-refractivity contribution in [3.63, 3.8) is 0 Å². The number of likely N-dealkylation sites (tertiary alicyclic amines) is 1. The molecule has 1 heterocycles. The van der Waals surface area contributed by atoms with E-state index in [1.165, 1.54) is 18.4 Å². The average molecular weight is 407 g/mol. The van der Waals surface area contributed by atoms with E-state index in [0.717, 1.165) is 17.6 Å². The molecule has 0 radical (unpaired) electrons. The van der Waals surface area contributed by atoms with Crippen LogP contribution >= 0.6 is 15.9 Å². The molecule has 2 unspecified atom stereocenters. The van der Waals surface area contributed by atoms with Crippen molar-refractivity contribution >= 4 is 22.0 Å². The fraction of sp³-hybridized carbons (Fsp3) is 0.650. The van der Waals surface area contributed by atoms with E-state index in [4.69, 9.17) is 4.74 Å². The Labute approximate surface area is 158 Å². The minimum absolute atomic E-state index is 0.155. The van der Waals surface area contributed by atoms with E-state index in [1.54, 1.807) is 0 Å². The lowest BCUT2D eigenvalue weighted by Crippen LogP contribution is -2.45. The first-order valence-corrected chi connectivity index (χ1v) is 10.1. The molecule has 1 N–H and O–H groups in total. The summed E-state index contributed by atoms with van der Waals surface area (Å²) in [5, 5.41) is 3.82. The third-order valence-electron chi connectivity index (χ3n) is 5.75.